The highest BCUT2D eigenvalue weighted by Crippen LogP contribution is 2.28. The predicted molar refractivity (Wildman–Crippen MR) is 130 cm³/mol. The molecule has 0 aliphatic rings. The number of hydrogen-bond donors (Lipinski definition) is 1. The molecule has 0 aliphatic carbocycles. The first-order chi connectivity index (χ1) is 15.8. The van der Waals surface area contributed by atoms with Gasteiger partial charge >= 0.3 is 5.69 Å². The number of hydrogen-bond acceptors (Lipinski definition) is 5. The Morgan fingerprint density at radius 3 is 2.45 bits per heavy atom. The number of rotatable bonds is 4. The number of fused-ring (bicyclic) bond motifs is 1. The van der Waals surface area contributed by atoms with Crippen LogP contribution in [0.1, 0.15) is 19.4 Å². The lowest BCUT2D eigenvalue weighted by Crippen LogP contribution is -2.28. The number of nitrogens with zero attached hydrogens (tertiary/aromatic N) is 5. The lowest BCUT2D eigenvalue weighted by atomic mass is 9.95. The molecule has 3 heterocycles. The van der Waals surface area contributed by atoms with E-state index in [1.807, 2.05) is 68.6 Å². The third-order valence-electron chi connectivity index (χ3n) is 5.78. The van der Waals surface area contributed by atoms with Crippen LogP contribution in [0.25, 0.3) is 39.1 Å². The normalized spacial score (nSPS) is 11.8. The van der Waals surface area contributed by atoms with E-state index in [-0.39, 0.29) is 5.69 Å². The van der Waals surface area contributed by atoms with E-state index in [0.717, 1.165) is 33.3 Å². The number of imidazole rings is 1. The van der Waals surface area contributed by atoms with Crippen LogP contribution in [0, 0.1) is 0 Å². The lowest BCUT2D eigenvalue weighted by molar-refractivity contribution is 0.554. The third-order valence-corrected chi connectivity index (χ3v) is 5.78. The summed E-state index contributed by atoms with van der Waals surface area (Å²) in [6.45, 7) is 3.91. The fourth-order valence-electron chi connectivity index (χ4n) is 3.94. The van der Waals surface area contributed by atoms with Crippen LogP contribution in [-0.2, 0) is 12.6 Å². The summed E-state index contributed by atoms with van der Waals surface area (Å²) in [5.74, 6) is 0. The van der Waals surface area contributed by atoms with Gasteiger partial charge in [-0.3, -0.25) is 9.55 Å². The van der Waals surface area contributed by atoms with Gasteiger partial charge in [-0.05, 0) is 66.9 Å². The van der Waals surface area contributed by atoms with Crippen LogP contribution in [0.3, 0.4) is 0 Å². The molecule has 0 aliphatic heterocycles. The molecular formula is C26H24N6O. The molecule has 164 valence electrons. The summed E-state index contributed by atoms with van der Waals surface area (Å²) in [6.07, 6.45) is 6.92. The summed E-state index contributed by atoms with van der Waals surface area (Å²) < 4.78 is 3.24. The minimum Gasteiger partial charge on any atom is -0.322 e. The Balaban J connectivity index is 1.61. The highest BCUT2D eigenvalue weighted by molar-refractivity contribution is 5.84. The molecule has 33 heavy (non-hydrogen) atoms. The predicted octanol–water partition coefficient (Wildman–Crippen LogP) is 4.04. The average molecular weight is 437 g/mol. The molecule has 7 nitrogen and oxygen atoms in total. The van der Waals surface area contributed by atoms with Gasteiger partial charge in [-0.1, -0.05) is 18.2 Å². The van der Waals surface area contributed by atoms with Crippen LogP contribution in [0.2, 0.25) is 0 Å². The van der Waals surface area contributed by atoms with Gasteiger partial charge in [0, 0.05) is 36.6 Å². The molecule has 5 rings (SSSR count). The van der Waals surface area contributed by atoms with E-state index in [9.17, 15) is 4.79 Å². The molecule has 2 N–H and O–H groups in total. The van der Waals surface area contributed by atoms with Crippen LogP contribution >= 0.6 is 0 Å². The standard InChI is InChI=1S/C26H24N6O/c1-26(2,27)20-5-7-21(8-6-20)32-24(15-31(3)25(32)33)23-13-18(10-11-29-23)17-4-9-22-19(12-17)14-28-16-30-22/h4-16H,27H2,1-3H3. The van der Waals surface area contributed by atoms with Gasteiger partial charge in [-0.25, -0.2) is 14.8 Å². The Bertz CT molecular complexity index is 1520. The molecule has 0 unspecified atom stereocenters. The second-order valence-electron chi connectivity index (χ2n) is 8.74. The summed E-state index contributed by atoms with van der Waals surface area (Å²) in [5, 5.41) is 0.966. The van der Waals surface area contributed by atoms with E-state index in [4.69, 9.17) is 5.73 Å². The smallest absolute Gasteiger partial charge is 0.322 e. The van der Waals surface area contributed by atoms with Gasteiger partial charge in [-0.2, -0.15) is 0 Å². The van der Waals surface area contributed by atoms with Crippen LogP contribution in [0.5, 0.6) is 0 Å². The van der Waals surface area contributed by atoms with Gasteiger partial charge < -0.3 is 10.3 Å². The first-order valence-corrected chi connectivity index (χ1v) is 10.7. The molecule has 7 heteroatoms. The molecular weight excluding hydrogens is 412 g/mol. The molecule has 0 fully saturated rings. The summed E-state index contributed by atoms with van der Waals surface area (Å²) in [5.41, 5.74) is 11.7. The monoisotopic (exact) mass is 436 g/mol. The zero-order valence-electron chi connectivity index (χ0n) is 18.7. The second kappa shape index (κ2) is 7.79. The number of benzene rings is 2. The topological polar surface area (TPSA) is 91.6 Å². The van der Waals surface area contributed by atoms with E-state index >= 15 is 0 Å². The molecule has 0 spiro atoms. The minimum atomic E-state index is -0.455. The summed E-state index contributed by atoms with van der Waals surface area (Å²) in [7, 11) is 1.74. The maximum absolute atomic E-state index is 13.0. The Morgan fingerprint density at radius 2 is 1.70 bits per heavy atom. The zero-order valence-corrected chi connectivity index (χ0v) is 18.7. The SMILES string of the molecule is Cn1cc(-c2cc(-c3ccc4ncncc4c3)ccn2)n(-c2ccc(C(C)(C)N)cc2)c1=O. The van der Waals surface area contributed by atoms with Crippen LogP contribution in [-0.4, -0.2) is 24.1 Å². The zero-order chi connectivity index (χ0) is 23.2. The van der Waals surface area contributed by atoms with E-state index in [2.05, 4.69) is 21.0 Å². The first-order valence-electron chi connectivity index (χ1n) is 10.7. The van der Waals surface area contributed by atoms with E-state index in [1.54, 1.807) is 34.9 Å². The van der Waals surface area contributed by atoms with Gasteiger partial charge in [0.15, 0.2) is 0 Å². The molecule has 0 bridgehead atoms. The van der Waals surface area contributed by atoms with Crippen molar-refractivity contribution in [1.29, 1.82) is 0 Å². The average Bonchev–Trinajstić information content (AvgIpc) is 3.12. The lowest BCUT2D eigenvalue weighted by Gasteiger charge is -2.19. The van der Waals surface area contributed by atoms with E-state index in [1.165, 1.54) is 0 Å². The molecule has 3 aromatic heterocycles. The number of pyridine rings is 1. The molecule has 2 aromatic carbocycles. The van der Waals surface area contributed by atoms with Crippen molar-refractivity contribution >= 4 is 10.9 Å². The summed E-state index contributed by atoms with van der Waals surface area (Å²) in [6, 6.07) is 17.8. The van der Waals surface area contributed by atoms with Gasteiger partial charge in [0.05, 0.1) is 22.6 Å². The highest BCUT2D eigenvalue weighted by atomic mass is 16.1. The minimum absolute atomic E-state index is 0.139. The van der Waals surface area contributed by atoms with Crippen molar-refractivity contribution in [2.75, 3.05) is 0 Å². The number of aryl methyl sites for hydroxylation is 1. The first kappa shape index (κ1) is 20.8. The van der Waals surface area contributed by atoms with Gasteiger partial charge in [0.25, 0.3) is 0 Å². The van der Waals surface area contributed by atoms with Gasteiger partial charge in [-0.15, -0.1) is 0 Å². The maximum atomic E-state index is 13.0. The second-order valence-corrected chi connectivity index (χ2v) is 8.74. The quantitative estimate of drug-likeness (QED) is 0.459. The summed E-state index contributed by atoms with van der Waals surface area (Å²) >= 11 is 0. The number of aromatic nitrogens is 5. The van der Waals surface area contributed by atoms with Crippen molar-refractivity contribution in [3.05, 3.63) is 95.6 Å². The van der Waals surface area contributed by atoms with Crippen molar-refractivity contribution in [2.24, 2.45) is 12.8 Å². The van der Waals surface area contributed by atoms with Gasteiger partial charge in [0.1, 0.15) is 6.33 Å². The molecule has 0 amide bonds. The maximum Gasteiger partial charge on any atom is 0.333 e. The molecule has 0 radical (unpaired) electrons. The molecule has 0 atom stereocenters. The molecule has 0 saturated carbocycles. The van der Waals surface area contributed by atoms with Crippen LogP contribution in [0.15, 0.2) is 84.3 Å². The van der Waals surface area contributed by atoms with Crippen LogP contribution < -0.4 is 11.4 Å². The Hall–Kier alpha value is -4.10. The van der Waals surface area contributed by atoms with Crippen molar-refractivity contribution in [1.82, 2.24) is 24.1 Å². The highest BCUT2D eigenvalue weighted by Gasteiger charge is 2.17. The summed E-state index contributed by atoms with van der Waals surface area (Å²) in [4.78, 5) is 26.0. The van der Waals surface area contributed by atoms with E-state index in [0.29, 0.717) is 11.4 Å². The van der Waals surface area contributed by atoms with Crippen molar-refractivity contribution < 1.29 is 0 Å². The fourth-order valence-corrected chi connectivity index (χ4v) is 3.94. The third kappa shape index (κ3) is 3.83. The van der Waals surface area contributed by atoms with Gasteiger partial charge in [0.2, 0.25) is 0 Å². The molecule has 5 aromatic rings. The Labute approximate surface area is 191 Å². The largest absolute Gasteiger partial charge is 0.333 e. The van der Waals surface area contributed by atoms with E-state index < -0.39 is 5.54 Å². The molecule has 0 saturated heterocycles. The van der Waals surface area contributed by atoms with Crippen molar-refractivity contribution in [3.63, 3.8) is 0 Å². The fraction of sp³-hybridized carbons (Fsp3) is 0.154. The number of nitrogens with two attached hydrogens (primary N) is 1. The Morgan fingerprint density at radius 1 is 0.939 bits per heavy atom. The Kier molecular flexibility index (Phi) is 4.91. The van der Waals surface area contributed by atoms with Crippen LogP contribution in [0.4, 0.5) is 0 Å². The van der Waals surface area contributed by atoms with Crippen molar-refractivity contribution in [2.45, 2.75) is 19.4 Å². The van der Waals surface area contributed by atoms with Crippen molar-refractivity contribution in [3.8, 4) is 28.2 Å².